The predicted molar refractivity (Wildman–Crippen MR) is 89.4 cm³/mol. The second-order valence-corrected chi connectivity index (χ2v) is 6.07. The molecule has 1 atom stereocenters. The fourth-order valence-electron chi connectivity index (χ4n) is 2.50. The van der Waals surface area contributed by atoms with Crippen molar-refractivity contribution in [1.82, 2.24) is 9.38 Å². The van der Waals surface area contributed by atoms with Crippen molar-refractivity contribution in [2.45, 2.75) is 19.8 Å². The van der Waals surface area contributed by atoms with E-state index in [1.807, 2.05) is 42.6 Å². The molecule has 0 amide bonds. The van der Waals surface area contributed by atoms with Crippen LogP contribution in [0.4, 0.5) is 0 Å². The van der Waals surface area contributed by atoms with Crippen LogP contribution in [0.15, 0.2) is 36.5 Å². The SMILES string of the molecule is Cc1ccn2c(C(C)C#N)c(-c3ccc(Cl)c(Cl)c3)nc2c1. The van der Waals surface area contributed by atoms with Crippen LogP contribution in [-0.4, -0.2) is 9.38 Å². The molecule has 0 spiro atoms. The highest BCUT2D eigenvalue weighted by molar-refractivity contribution is 6.42. The Labute approximate surface area is 138 Å². The molecule has 2 heterocycles. The minimum absolute atomic E-state index is 0.290. The van der Waals surface area contributed by atoms with Crippen molar-refractivity contribution in [2.24, 2.45) is 0 Å². The lowest BCUT2D eigenvalue weighted by molar-refractivity contribution is 0.899. The van der Waals surface area contributed by atoms with Crippen molar-refractivity contribution in [2.75, 3.05) is 0 Å². The van der Waals surface area contributed by atoms with Gasteiger partial charge in [-0.15, -0.1) is 0 Å². The van der Waals surface area contributed by atoms with Gasteiger partial charge in [0, 0.05) is 11.8 Å². The minimum Gasteiger partial charge on any atom is -0.302 e. The van der Waals surface area contributed by atoms with Crippen LogP contribution in [0.5, 0.6) is 0 Å². The van der Waals surface area contributed by atoms with E-state index in [0.29, 0.717) is 10.0 Å². The van der Waals surface area contributed by atoms with E-state index >= 15 is 0 Å². The van der Waals surface area contributed by atoms with E-state index in [0.717, 1.165) is 28.2 Å². The standard InChI is InChI=1S/C17H13Cl2N3/c1-10-5-6-22-15(7-10)21-16(17(22)11(2)9-20)12-3-4-13(18)14(19)8-12/h3-8,11H,1-2H3. The third kappa shape index (κ3) is 2.45. The summed E-state index contributed by atoms with van der Waals surface area (Å²) in [7, 11) is 0. The van der Waals surface area contributed by atoms with E-state index in [9.17, 15) is 5.26 Å². The monoisotopic (exact) mass is 329 g/mol. The lowest BCUT2D eigenvalue weighted by Crippen LogP contribution is -1.98. The van der Waals surface area contributed by atoms with Crippen LogP contribution in [0.25, 0.3) is 16.9 Å². The summed E-state index contributed by atoms with van der Waals surface area (Å²) in [5.41, 5.74) is 4.41. The Balaban J connectivity index is 2.32. The Morgan fingerprint density at radius 2 is 1.95 bits per heavy atom. The number of fused-ring (bicyclic) bond motifs is 1. The molecule has 3 rings (SSSR count). The van der Waals surface area contributed by atoms with Crippen molar-refractivity contribution in [3.05, 3.63) is 57.8 Å². The summed E-state index contributed by atoms with van der Waals surface area (Å²) in [5.74, 6) is -0.290. The summed E-state index contributed by atoms with van der Waals surface area (Å²) in [5, 5.41) is 10.3. The maximum Gasteiger partial charge on any atom is 0.137 e. The van der Waals surface area contributed by atoms with Gasteiger partial charge in [-0.3, -0.25) is 0 Å². The molecule has 0 bridgehead atoms. The van der Waals surface area contributed by atoms with Gasteiger partial charge in [-0.1, -0.05) is 29.3 Å². The average molecular weight is 330 g/mol. The molecular formula is C17H13Cl2N3. The maximum absolute atomic E-state index is 9.35. The van der Waals surface area contributed by atoms with E-state index in [4.69, 9.17) is 28.2 Å². The summed E-state index contributed by atoms with van der Waals surface area (Å²) >= 11 is 12.1. The third-order valence-electron chi connectivity index (χ3n) is 3.62. The highest BCUT2D eigenvalue weighted by Gasteiger charge is 2.19. The minimum atomic E-state index is -0.290. The highest BCUT2D eigenvalue weighted by Crippen LogP contribution is 2.33. The van der Waals surface area contributed by atoms with E-state index in [-0.39, 0.29) is 5.92 Å². The number of aryl methyl sites for hydroxylation is 1. The summed E-state index contributed by atoms with van der Waals surface area (Å²) < 4.78 is 1.96. The zero-order chi connectivity index (χ0) is 15.9. The van der Waals surface area contributed by atoms with Gasteiger partial charge in [-0.2, -0.15) is 5.26 Å². The second-order valence-electron chi connectivity index (χ2n) is 5.26. The zero-order valence-electron chi connectivity index (χ0n) is 12.1. The van der Waals surface area contributed by atoms with Gasteiger partial charge in [0.15, 0.2) is 0 Å². The number of nitrogens with zero attached hydrogens (tertiary/aromatic N) is 3. The van der Waals surface area contributed by atoms with Gasteiger partial charge in [0.2, 0.25) is 0 Å². The van der Waals surface area contributed by atoms with Gasteiger partial charge in [0.25, 0.3) is 0 Å². The number of imidazole rings is 1. The number of halogens is 2. The van der Waals surface area contributed by atoms with Crippen LogP contribution in [0.1, 0.15) is 24.1 Å². The fraction of sp³-hybridized carbons (Fsp3) is 0.176. The Kier molecular flexibility index (Phi) is 3.82. The summed E-state index contributed by atoms with van der Waals surface area (Å²) in [6, 6.07) is 11.7. The predicted octanol–water partition coefficient (Wildman–Crippen LogP) is 5.24. The molecule has 0 N–H and O–H groups in total. The number of aromatic nitrogens is 2. The number of benzene rings is 1. The molecule has 5 heteroatoms. The van der Waals surface area contributed by atoms with Crippen molar-refractivity contribution < 1.29 is 0 Å². The zero-order valence-corrected chi connectivity index (χ0v) is 13.7. The Bertz CT molecular complexity index is 906. The van der Waals surface area contributed by atoms with Gasteiger partial charge >= 0.3 is 0 Å². The molecule has 1 aromatic carbocycles. The van der Waals surface area contributed by atoms with Crippen molar-refractivity contribution in [3.8, 4) is 17.3 Å². The Morgan fingerprint density at radius 3 is 2.64 bits per heavy atom. The number of rotatable bonds is 2. The first-order valence-corrected chi connectivity index (χ1v) is 7.60. The molecule has 0 saturated heterocycles. The largest absolute Gasteiger partial charge is 0.302 e. The number of nitriles is 1. The Hall–Kier alpha value is -2.02. The molecule has 3 nitrogen and oxygen atoms in total. The highest BCUT2D eigenvalue weighted by atomic mass is 35.5. The fourth-order valence-corrected chi connectivity index (χ4v) is 2.79. The lowest BCUT2D eigenvalue weighted by Gasteiger charge is -2.07. The van der Waals surface area contributed by atoms with Crippen LogP contribution >= 0.6 is 23.2 Å². The molecule has 0 fully saturated rings. The molecule has 22 heavy (non-hydrogen) atoms. The smallest absolute Gasteiger partial charge is 0.137 e. The first kappa shape index (κ1) is 14.9. The van der Waals surface area contributed by atoms with Crippen molar-refractivity contribution in [1.29, 1.82) is 5.26 Å². The molecule has 110 valence electrons. The number of hydrogen-bond donors (Lipinski definition) is 0. The molecule has 0 aliphatic heterocycles. The van der Waals surface area contributed by atoms with E-state index in [2.05, 4.69) is 6.07 Å². The van der Waals surface area contributed by atoms with Crippen LogP contribution in [0, 0.1) is 18.3 Å². The topological polar surface area (TPSA) is 41.1 Å². The molecule has 0 radical (unpaired) electrons. The van der Waals surface area contributed by atoms with Gasteiger partial charge in [0.1, 0.15) is 5.65 Å². The van der Waals surface area contributed by atoms with Crippen molar-refractivity contribution in [3.63, 3.8) is 0 Å². The first-order valence-electron chi connectivity index (χ1n) is 6.85. The van der Waals surface area contributed by atoms with E-state index in [1.165, 1.54) is 0 Å². The molecule has 1 unspecified atom stereocenters. The van der Waals surface area contributed by atoms with Gasteiger partial charge < -0.3 is 4.40 Å². The van der Waals surface area contributed by atoms with Crippen LogP contribution in [0.3, 0.4) is 0 Å². The first-order chi connectivity index (χ1) is 10.5. The molecular weight excluding hydrogens is 317 g/mol. The molecule has 0 saturated carbocycles. The molecule has 2 aromatic heterocycles. The van der Waals surface area contributed by atoms with E-state index < -0.39 is 0 Å². The van der Waals surface area contributed by atoms with Crippen LogP contribution in [0.2, 0.25) is 10.0 Å². The van der Waals surface area contributed by atoms with Gasteiger partial charge in [-0.25, -0.2) is 4.98 Å². The maximum atomic E-state index is 9.35. The Morgan fingerprint density at radius 1 is 1.18 bits per heavy atom. The summed E-state index contributed by atoms with van der Waals surface area (Å²) in [6.45, 7) is 3.88. The quantitative estimate of drug-likeness (QED) is 0.644. The van der Waals surface area contributed by atoms with Gasteiger partial charge in [0.05, 0.1) is 33.4 Å². The summed E-state index contributed by atoms with van der Waals surface area (Å²) in [4.78, 5) is 4.69. The third-order valence-corrected chi connectivity index (χ3v) is 4.35. The molecule has 0 aliphatic rings. The normalized spacial score (nSPS) is 12.3. The van der Waals surface area contributed by atoms with Crippen LogP contribution in [-0.2, 0) is 0 Å². The lowest BCUT2D eigenvalue weighted by atomic mass is 10.0. The second kappa shape index (κ2) is 5.64. The summed E-state index contributed by atoms with van der Waals surface area (Å²) in [6.07, 6.45) is 1.95. The van der Waals surface area contributed by atoms with Gasteiger partial charge in [-0.05, 0) is 43.7 Å². The number of hydrogen-bond acceptors (Lipinski definition) is 2. The average Bonchev–Trinajstić information content (AvgIpc) is 2.87. The van der Waals surface area contributed by atoms with E-state index in [1.54, 1.807) is 12.1 Å². The number of pyridine rings is 1. The molecule has 3 aromatic rings. The van der Waals surface area contributed by atoms with Crippen LogP contribution < -0.4 is 0 Å². The van der Waals surface area contributed by atoms with Crippen molar-refractivity contribution >= 4 is 28.8 Å². The molecule has 0 aliphatic carbocycles.